The summed E-state index contributed by atoms with van der Waals surface area (Å²) in [6.07, 6.45) is 0.639. The lowest BCUT2D eigenvalue weighted by molar-refractivity contribution is -0.0684. The Balaban J connectivity index is 0.000000238. The molecule has 0 amide bonds. The standard InChI is InChI=1S/C22H22OS2.C19H16O2S2.C14H22O2.C10H12O3.C7H6O.C7H8S.C6H6O2.C6H6OS.C4H8/c1-4-10-19(11-5-1)17-24-22(16-23-21-14-8-3-9-15-21)25-18-20-12-6-2-7-13-20;20-15-6-10-17(11-7-15)22-19(14-4-2-1-3-5-14)23-18-12-8-16(21)9-13-18;1-13(2,3)9-7-10(14(4,5)6)12(16)8-11(9)15;1-2-4-9(5-3-1)13-8-10-11-6-7-12-10;2*8-6-7-4-2-1-3-5-7;7-5-2-1-3-6(8)4-5;7-5-1-3-6(8)4-2-5;1-4(2)3/h1-15,22H,16-18H2;1-13,19-21H;7-8,15-16H,1-6H3;1-5,10H,6-8H2;1-6H;1-5,8H,6H2;2*1-4,7-8H;1H2,2-3H3. The number of ether oxygens (including phenoxy) is 4. The van der Waals surface area contributed by atoms with E-state index in [1.165, 1.54) is 52.1 Å². The van der Waals surface area contributed by atoms with Gasteiger partial charge in [-0.1, -0.05) is 241 Å². The molecule has 0 spiro atoms. The molecule has 0 atom stereocenters. The second-order valence-corrected chi connectivity index (χ2v) is 33.4. The fraction of sp³-hybridized carbons (Fsp3) is 0.211. The number of allylic oxidation sites excluding steroid dienone is 1. The lowest BCUT2D eigenvalue weighted by Gasteiger charge is -2.26. The lowest BCUT2D eigenvalue weighted by atomic mass is 9.80. The number of benzene rings is 12. The van der Waals surface area contributed by atoms with Gasteiger partial charge in [-0.05, 0) is 173 Å². The molecule has 594 valence electrons. The van der Waals surface area contributed by atoms with E-state index in [1.807, 2.05) is 225 Å². The molecule has 12 aromatic rings. The Morgan fingerprint density at radius 3 is 1.14 bits per heavy atom. The number of carbonyl (C=O) groups excluding carboxylic acids is 1. The molecule has 12 nitrogen and oxygen atoms in total. The van der Waals surface area contributed by atoms with E-state index in [2.05, 4.69) is 117 Å². The van der Waals surface area contributed by atoms with Crippen LogP contribution in [-0.4, -0.2) is 79.3 Å². The second-order valence-electron chi connectivity index (χ2n) is 27.2. The number of hydrogen-bond donors (Lipinski definition) is 9. The summed E-state index contributed by atoms with van der Waals surface area (Å²) in [5, 5.41) is 64.6. The van der Waals surface area contributed by atoms with Crippen LogP contribution in [-0.2, 0) is 37.6 Å². The fourth-order valence-electron chi connectivity index (χ4n) is 9.44. The van der Waals surface area contributed by atoms with Gasteiger partial charge >= 0.3 is 0 Å². The highest BCUT2D eigenvalue weighted by molar-refractivity contribution is 8.16. The zero-order valence-corrected chi connectivity index (χ0v) is 70.3. The van der Waals surface area contributed by atoms with Crippen molar-refractivity contribution in [3.8, 4) is 51.7 Å². The maximum atomic E-state index is 10.0. The predicted octanol–water partition coefficient (Wildman–Crippen LogP) is 25.0. The van der Waals surface area contributed by atoms with Gasteiger partial charge in [0, 0.05) is 49.6 Å². The number of para-hydroxylation sites is 2. The number of rotatable bonds is 19. The molecular formula is C95H106O12S6. The average molecular weight is 1630 g/mol. The molecule has 113 heavy (non-hydrogen) atoms. The number of hydrogen-bond acceptors (Lipinski definition) is 18. The van der Waals surface area contributed by atoms with Crippen LogP contribution >= 0.6 is 72.3 Å². The Labute approximate surface area is 697 Å². The molecule has 1 saturated heterocycles. The first-order valence-electron chi connectivity index (χ1n) is 36.4. The number of phenolic OH excluding ortho intramolecular Hbond substituents is 7. The summed E-state index contributed by atoms with van der Waals surface area (Å²) in [5.74, 6) is 5.97. The normalized spacial score (nSPS) is 11.2. The highest BCUT2D eigenvalue weighted by Crippen LogP contribution is 2.47. The molecule has 1 fully saturated rings. The van der Waals surface area contributed by atoms with E-state index in [9.17, 15) is 25.2 Å². The number of thiol groups is 2. The van der Waals surface area contributed by atoms with Gasteiger partial charge in [-0.2, -0.15) is 12.6 Å². The molecule has 0 bridgehead atoms. The maximum absolute atomic E-state index is 10.0. The molecule has 0 saturated carbocycles. The van der Waals surface area contributed by atoms with E-state index >= 15 is 0 Å². The van der Waals surface area contributed by atoms with Crippen LogP contribution in [0, 0.1) is 0 Å². The number of thioether (sulfide) groups is 4. The molecule has 7 N–H and O–H groups in total. The van der Waals surface area contributed by atoms with Crippen molar-refractivity contribution in [2.45, 2.75) is 114 Å². The molecule has 0 aromatic heterocycles. The van der Waals surface area contributed by atoms with E-state index in [-0.39, 0.29) is 61.9 Å². The van der Waals surface area contributed by atoms with Crippen LogP contribution < -0.4 is 9.47 Å². The van der Waals surface area contributed by atoms with E-state index in [0.29, 0.717) is 31.0 Å². The van der Waals surface area contributed by atoms with Crippen molar-refractivity contribution in [1.29, 1.82) is 0 Å². The molecule has 0 unspecified atom stereocenters. The van der Waals surface area contributed by atoms with E-state index in [0.717, 1.165) is 66.4 Å². The van der Waals surface area contributed by atoms with Gasteiger partial charge in [0.05, 0.1) is 22.4 Å². The van der Waals surface area contributed by atoms with Gasteiger partial charge in [0.1, 0.15) is 71.2 Å². The van der Waals surface area contributed by atoms with Crippen LogP contribution in [0.5, 0.6) is 51.7 Å². The van der Waals surface area contributed by atoms with E-state index < -0.39 is 0 Å². The Hall–Kier alpha value is -9.73. The van der Waals surface area contributed by atoms with Crippen LogP contribution in [0.25, 0.3) is 0 Å². The summed E-state index contributed by atoms with van der Waals surface area (Å²) in [4.78, 5) is 13.1. The Morgan fingerprint density at radius 2 is 0.805 bits per heavy atom. The maximum Gasteiger partial charge on any atom is 0.191 e. The van der Waals surface area contributed by atoms with Crippen molar-refractivity contribution >= 4 is 78.6 Å². The molecule has 13 rings (SSSR count). The van der Waals surface area contributed by atoms with Crippen molar-refractivity contribution < 1.29 is 59.5 Å². The Bertz CT molecular complexity index is 4260. The van der Waals surface area contributed by atoms with Gasteiger partial charge < -0.3 is 54.7 Å². The van der Waals surface area contributed by atoms with E-state index in [1.54, 1.807) is 90.3 Å². The summed E-state index contributed by atoms with van der Waals surface area (Å²) in [6, 6.07) is 101. The van der Waals surface area contributed by atoms with Gasteiger partial charge in [-0.25, -0.2) is 0 Å². The third kappa shape index (κ3) is 41.6. The highest BCUT2D eigenvalue weighted by Gasteiger charge is 2.25. The summed E-state index contributed by atoms with van der Waals surface area (Å²) in [7, 11) is 0. The lowest BCUT2D eigenvalue weighted by Crippen LogP contribution is -2.18. The van der Waals surface area contributed by atoms with Crippen molar-refractivity contribution in [1.82, 2.24) is 0 Å². The highest BCUT2D eigenvalue weighted by atomic mass is 32.2. The summed E-state index contributed by atoms with van der Waals surface area (Å²) in [6.45, 7) is 22.3. The van der Waals surface area contributed by atoms with Crippen molar-refractivity contribution in [2.75, 3.05) is 26.4 Å². The number of phenols is 7. The van der Waals surface area contributed by atoms with Gasteiger partial charge in [0.15, 0.2) is 6.29 Å². The van der Waals surface area contributed by atoms with Gasteiger partial charge in [0.25, 0.3) is 0 Å². The van der Waals surface area contributed by atoms with E-state index in [4.69, 9.17) is 34.3 Å². The average Bonchev–Trinajstić information content (AvgIpc) is 0.864. The zero-order chi connectivity index (χ0) is 82.1. The van der Waals surface area contributed by atoms with Crippen LogP contribution in [0.1, 0.15) is 104 Å². The van der Waals surface area contributed by atoms with Gasteiger partial charge in [-0.3, -0.25) is 4.79 Å². The van der Waals surface area contributed by atoms with Gasteiger partial charge in [-0.15, -0.1) is 66.3 Å². The summed E-state index contributed by atoms with van der Waals surface area (Å²) >= 11 is 15.5. The first-order valence-corrected chi connectivity index (χ1v) is 41.4. The number of aromatic hydroxyl groups is 7. The minimum absolute atomic E-state index is 0.0880. The van der Waals surface area contributed by atoms with Gasteiger partial charge in [0.2, 0.25) is 0 Å². The Morgan fingerprint density at radius 1 is 0.451 bits per heavy atom. The number of carbonyl (C=O) groups is 1. The molecule has 1 aliphatic heterocycles. The molecule has 1 heterocycles. The van der Waals surface area contributed by atoms with Crippen molar-refractivity contribution in [3.63, 3.8) is 0 Å². The molecule has 12 aromatic carbocycles. The minimum atomic E-state index is -0.194. The first kappa shape index (κ1) is 93.9. The smallest absolute Gasteiger partial charge is 0.191 e. The molecule has 1 aliphatic rings. The fourth-order valence-corrected chi connectivity index (χ4v) is 14.6. The molecule has 18 heteroatoms. The Kier molecular flexibility index (Phi) is 44.3. The SMILES string of the molecule is C=C(C)C.CC(C)(C)c1cc(C(C)(C)C)c(O)cc1O.O=Cc1ccccc1.Oc1ccc(S)cc1.Oc1ccc(SC(Sc2ccc(O)cc2)c2ccccc2)cc1.Oc1cccc(O)c1.SCc1ccccc1.c1ccc(CSC(COc2ccccc2)SCc2ccccc2)cc1.c1ccc(OCC2OCCO2)cc1. The largest absolute Gasteiger partial charge is 0.508 e. The topological polar surface area (TPSA) is 196 Å². The molecule has 0 aliphatic carbocycles. The van der Waals surface area contributed by atoms with Crippen molar-refractivity contribution in [2.24, 2.45) is 0 Å². The molecular weight excluding hydrogens is 1530 g/mol. The van der Waals surface area contributed by atoms with Crippen molar-refractivity contribution in [3.05, 3.63) is 373 Å². The third-order valence-electron chi connectivity index (χ3n) is 15.1. The van der Waals surface area contributed by atoms with Crippen LogP contribution in [0.15, 0.2) is 348 Å². The van der Waals surface area contributed by atoms with Crippen LogP contribution in [0.2, 0.25) is 0 Å². The summed E-state index contributed by atoms with van der Waals surface area (Å²) < 4.78 is 22.5. The zero-order valence-electron chi connectivity index (χ0n) is 65.3. The monoisotopic (exact) mass is 1630 g/mol. The second kappa shape index (κ2) is 53.3. The third-order valence-corrected chi connectivity index (χ3v) is 21.2. The number of aldehydes is 1. The van der Waals surface area contributed by atoms with Crippen LogP contribution in [0.3, 0.4) is 0 Å². The van der Waals surface area contributed by atoms with Crippen LogP contribution in [0.4, 0.5) is 0 Å². The first-order chi connectivity index (χ1) is 54.3. The predicted molar refractivity (Wildman–Crippen MR) is 480 cm³/mol. The minimum Gasteiger partial charge on any atom is -0.508 e. The quantitative estimate of drug-likeness (QED) is 0.0122. The molecule has 0 radical (unpaired) electrons. The summed E-state index contributed by atoms with van der Waals surface area (Å²) in [5.41, 5.74) is 8.60.